The molecule has 11 nitrogen and oxygen atoms in total. The topological polar surface area (TPSA) is 166 Å². The van der Waals surface area contributed by atoms with E-state index >= 15 is 0 Å². The number of nitrogens with one attached hydrogen (secondary N) is 5. The zero-order valence-electron chi connectivity index (χ0n) is 24.0. The second-order valence-electron chi connectivity index (χ2n) is 12.0. The van der Waals surface area contributed by atoms with E-state index in [0.29, 0.717) is 19.5 Å². The molecule has 37 heavy (non-hydrogen) atoms. The molecule has 0 bridgehead atoms. The molecule has 0 heterocycles. The summed E-state index contributed by atoms with van der Waals surface area (Å²) in [6, 6.07) is -3.17. The lowest BCUT2D eigenvalue weighted by Crippen LogP contribution is -2.56. The number of amides is 4. The molecule has 214 valence electrons. The highest BCUT2D eigenvalue weighted by molar-refractivity contribution is 5.93. The van der Waals surface area contributed by atoms with Crippen LogP contribution in [-0.2, 0) is 24.0 Å². The van der Waals surface area contributed by atoms with E-state index in [2.05, 4.69) is 26.6 Å². The first-order chi connectivity index (χ1) is 16.8. The fourth-order valence-corrected chi connectivity index (χ4v) is 3.20. The number of carboxylic acids is 1. The van der Waals surface area contributed by atoms with Crippen LogP contribution in [0.15, 0.2) is 0 Å². The standard InChI is InChI=1S/C26H49N5O6/c1-16(2)21(31-20(33)12-13-25(4,5)6)23(35)29-17(3)22(34)30-18(24(36)37)10-11-19(32)27-14-15-28-26(7,8)9/h16-18,21,28H,10-15H2,1-9H3,(H,27,32)(H,29,35)(H,30,34)(H,31,33)(H,36,37)/t17-,18-,21-/m0/s1. The quantitative estimate of drug-likeness (QED) is 0.175. The zero-order chi connectivity index (χ0) is 29.0. The molecule has 0 aromatic heterocycles. The Balaban J connectivity index is 4.80. The van der Waals surface area contributed by atoms with E-state index < -0.39 is 35.9 Å². The Labute approximate surface area is 221 Å². The highest BCUT2D eigenvalue weighted by Crippen LogP contribution is 2.20. The van der Waals surface area contributed by atoms with Crippen molar-refractivity contribution in [1.82, 2.24) is 26.6 Å². The smallest absolute Gasteiger partial charge is 0.326 e. The maximum atomic E-state index is 12.8. The second kappa shape index (κ2) is 15.5. The lowest BCUT2D eigenvalue weighted by Gasteiger charge is -2.25. The normalized spacial score (nSPS) is 14.3. The summed E-state index contributed by atoms with van der Waals surface area (Å²) in [6.45, 7) is 18.0. The first kappa shape index (κ1) is 34.3. The van der Waals surface area contributed by atoms with E-state index in [9.17, 15) is 29.1 Å². The zero-order valence-corrected chi connectivity index (χ0v) is 24.0. The van der Waals surface area contributed by atoms with Gasteiger partial charge in [-0.05, 0) is 51.9 Å². The van der Waals surface area contributed by atoms with Gasteiger partial charge in [0.1, 0.15) is 18.1 Å². The summed E-state index contributed by atoms with van der Waals surface area (Å²) in [5, 5.41) is 23.1. The number of rotatable bonds is 15. The largest absolute Gasteiger partial charge is 0.480 e. The van der Waals surface area contributed by atoms with Gasteiger partial charge in [0.25, 0.3) is 0 Å². The van der Waals surface area contributed by atoms with Crippen molar-refractivity contribution in [3.63, 3.8) is 0 Å². The Morgan fingerprint density at radius 1 is 0.757 bits per heavy atom. The van der Waals surface area contributed by atoms with E-state index in [1.807, 2.05) is 41.5 Å². The summed E-state index contributed by atoms with van der Waals surface area (Å²) in [4.78, 5) is 61.4. The van der Waals surface area contributed by atoms with Gasteiger partial charge in [0.2, 0.25) is 23.6 Å². The van der Waals surface area contributed by atoms with Gasteiger partial charge in [-0.25, -0.2) is 4.79 Å². The summed E-state index contributed by atoms with van der Waals surface area (Å²) in [5.41, 5.74) is -0.104. The molecule has 0 fully saturated rings. The maximum absolute atomic E-state index is 12.8. The van der Waals surface area contributed by atoms with Gasteiger partial charge in [-0.15, -0.1) is 0 Å². The second-order valence-corrected chi connectivity index (χ2v) is 12.0. The van der Waals surface area contributed by atoms with Crippen LogP contribution in [0.3, 0.4) is 0 Å². The van der Waals surface area contributed by atoms with Gasteiger partial charge in [0, 0.05) is 31.5 Å². The number of carbonyl (C=O) groups excluding carboxylic acids is 4. The van der Waals surface area contributed by atoms with E-state index in [1.54, 1.807) is 13.8 Å². The molecule has 0 aliphatic rings. The van der Waals surface area contributed by atoms with Crippen LogP contribution in [0.25, 0.3) is 0 Å². The molecule has 3 atom stereocenters. The van der Waals surface area contributed by atoms with Crippen LogP contribution < -0.4 is 26.6 Å². The van der Waals surface area contributed by atoms with Crippen molar-refractivity contribution in [2.24, 2.45) is 11.3 Å². The molecule has 0 saturated heterocycles. The molecular weight excluding hydrogens is 478 g/mol. The molecule has 0 rings (SSSR count). The van der Waals surface area contributed by atoms with Crippen LogP contribution in [0, 0.1) is 11.3 Å². The summed E-state index contributed by atoms with van der Waals surface area (Å²) in [6.07, 6.45) is 0.756. The Bertz CT molecular complexity index is 785. The number of carboxylic acid groups (broad SMARTS) is 1. The average molecular weight is 528 g/mol. The van der Waals surface area contributed by atoms with Gasteiger partial charge in [-0.1, -0.05) is 34.6 Å². The van der Waals surface area contributed by atoms with E-state index in [4.69, 9.17) is 0 Å². The molecule has 0 radical (unpaired) electrons. The summed E-state index contributed by atoms with van der Waals surface area (Å²) >= 11 is 0. The number of hydrogen-bond acceptors (Lipinski definition) is 6. The highest BCUT2D eigenvalue weighted by atomic mass is 16.4. The summed E-state index contributed by atoms with van der Waals surface area (Å²) < 4.78 is 0. The highest BCUT2D eigenvalue weighted by Gasteiger charge is 2.29. The monoisotopic (exact) mass is 527 g/mol. The number of carbonyl (C=O) groups is 5. The number of hydrogen-bond donors (Lipinski definition) is 6. The third-order valence-corrected chi connectivity index (χ3v) is 5.50. The predicted molar refractivity (Wildman–Crippen MR) is 143 cm³/mol. The van der Waals surface area contributed by atoms with Gasteiger partial charge in [0.05, 0.1) is 0 Å². The van der Waals surface area contributed by atoms with Crippen LogP contribution in [0.5, 0.6) is 0 Å². The molecule has 6 N–H and O–H groups in total. The van der Waals surface area contributed by atoms with Gasteiger partial charge in [-0.2, -0.15) is 0 Å². The fraction of sp³-hybridized carbons (Fsp3) is 0.808. The number of aliphatic carboxylic acids is 1. The molecule has 0 spiro atoms. The molecule has 0 unspecified atom stereocenters. The van der Waals surface area contributed by atoms with Crippen LogP contribution in [-0.4, -0.2) is 71.5 Å². The van der Waals surface area contributed by atoms with Crippen molar-refractivity contribution in [1.29, 1.82) is 0 Å². The van der Waals surface area contributed by atoms with E-state index in [0.717, 1.165) is 0 Å². The first-order valence-electron chi connectivity index (χ1n) is 13.0. The Morgan fingerprint density at radius 3 is 1.84 bits per heavy atom. The van der Waals surface area contributed by atoms with Crippen molar-refractivity contribution in [2.75, 3.05) is 13.1 Å². The van der Waals surface area contributed by atoms with Crippen molar-refractivity contribution >= 4 is 29.6 Å². The molecule has 11 heteroatoms. The van der Waals surface area contributed by atoms with Crippen LogP contribution in [0.2, 0.25) is 0 Å². The third kappa shape index (κ3) is 16.6. The minimum atomic E-state index is -1.29. The van der Waals surface area contributed by atoms with Gasteiger partial charge in [0.15, 0.2) is 0 Å². The molecule has 0 aromatic rings. The summed E-state index contributed by atoms with van der Waals surface area (Å²) in [5.74, 6) is -3.30. The lowest BCUT2D eigenvalue weighted by atomic mass is 9.90. The molecule has 0 aliphatic heterocycles. The predicted octanol–water partition coefficient (Wildman–Crippen LogP) is 1.31. The lowest BCUT2D eigenvalue weighted by molar-refractivity contribution is -0.142. The third-order valence-electron chi connectivity index (χ3n) is 5.50. The minimum absolute atomic E-state index is 0.0235. The molecule has 0 aromatic carbocycles. The Kier molecular flexibility index (Phi) is 14.4. The van der Waals surface area contributed by atoms with Crippen molar-refractivity contribution in [2.45, 2.75) is 112 Å². The van der Waals surface area contributed by atoms with Crippen molar-refractivity contribution < 1.29 is 29.1 Å². The van der Waals surface area contributed by atoms with Crippen LogP contribution in [0.1, 0.15) is 88.0 Å². The molecule has 0 aliphatic carbocycles. The van der Waals surface area contributed by atoms with Crippen LogP contribution >= 0.6 is 0 Å². The molecule has 0 saturated carbocycles. The fourth-order valence-electron chi connectivity index (χ4n) is 3.20. The van der Waals surface area contributed by atoms with Gasteiger partial charge in [-0.3, -0.25) is 19.2 Å². The maximum Gasteiger partial charge on any atom is 0.326 e. The SMILES string of the molecule is CC(C)[C@H](NC(=O)CCC(C)(C)C)C(=O)N[C@@H](C)C(=O)N[C@@H](CCC(=O)NCCNC(C)(C)C)C(=O)O. The molecular formula is C26H49N5O6. The average Bonchev–Trinajstić information content (AvgIpc) is 2.74. The van der Waals surface area contributed by atoms with E-state index in [-0.39, 0.29) is 47.9 Å². The molecule has 4 amide bonds. The van der Waals surface area contributed by atoms with Gasteiger partial charge >= 0.3 is 5.97 Å². The Morgan fingerprint density at radius 2 is 1.35 bits per heavy atom. The van der Waals surface area contributed by atoms with Crippen molar-refractivity contribution in [3.8, 4) is 0 Å². The minimum Gasteiger partial charge on any atom is -0.480 e. The summed E-state index contributed by atoms with van der Waals surface area (Å²) in [7, 11) is 0. The van der Waals surface area contributed by atoms with E-state index in [1.165, 1.54) is 6.92 Å². The van der Waals surface area contributed by atoms with Gasteiger partial charge < -0.3 is 31.7 Å². The van der Waals surface area contributed by atoms with Crippen molar-refractivity contribution in [3.05, 3.63) is 0 Å². The Hall–Kier alpha value is -2.69. The first-order valence-corrected chi connectivity index (χ1v) is 13.0. The van der Waals surface area contributed by atoms with Crippen LogP contribution in [0.4, 0.5) is 0 Å².